The number of rotatable bonds is 6. The summed E-state index contributed by atoms with van der Waals surface area (Å²) in [5.41, 5.74) is 0. The lowest BCUT2D eigenvalue weighted by Crippen LogP contribution is -2.27. The average Bonchev–Trinajstić information content (AvgIpc) is 2.02. The zero-order chi connectivity index (χ0) is 11.2. The number of hydroxylamine groups is 2. The van der Waals surface area contributed by atoms with E-state index in [0.29, 0.717) is 5.06 Å². The SMILES string of the molecule is C=CCN(O)C(=O)CCCP(=O)(O)O. The second-order valence-corrected chi connectivity index (χ2v) is 4.53. The molecule has 0 bridgehead atoms. The number of amides is 1. The third-order valence-corrected chi connectivity index (χ3v) is 2.33. The van der Waals surface area contributed by atoms with Crippen molar-refractivity contribution in [1.29, 1.82) is 0 Å². The molecule has 0 atom stereocenters. The molecule has 0 unspecified atom stereocenters. The predicted octanol–water partition coefficient (Wildman–Crippen LogP) is 0.348. The van der Waals surface area contributed by atoms with E-state index >= 15 is 0 Å². The van der Waals surface area contributed by atoms with Crippen LogP contribution in [0.3, 0.4) is 0 Å². The van der Waals surface area contributed by atoms with Gasteiger partial charge in [0.25, 0.3) is 0 Å². The van der Waals surface area contributed by atoms with E-state index in [1.54, 1.807) is 0 Å². The largest absolute Gasteiger partial charge is 0.325 e. The van der Waals surface area contributed by atoms with E-state index in [1.807, 2.05) is 0 Å². The fourth-order valence-electron chi connectivity index (χ4n) is 0.789. The first kappa shape index (κ1) is 13.3. The van der Waals surface area contributed by atoms with Gasteiger partial charge in [-0.1, -0.05) is 6.08 Å². The van der Waals surface area contributed by atoms with Crippen LogP contribution in [0.4, 0.5) is 0 Å². The topological polar surface area (TPSA) is 98.1 Å². The van der Waals surface area contributed by atoms with Crippen molar-refractivity contribution in [1.82, 2.24) is 5.06 Å². The molecule has 0 aromatic rings. The Labute approximate surface area is 82.0 Å². The monoisotopic (exact) mass is 223 g/mol. The zero-order valence-electron chi connectivity index (χ0n) is 7.67. The van der Waals surface area contributed by atoms with Crippen LogP contribution in [-0.4, -0.2) is 38.7 Å². The molecule has 3 N–H and O–H groups in total. The molecule has 0 aliphatic carbocycles. The smallest absolute Gasteiger partial charge is 0.324 e. The molecule has 0 fully saturated rings. The van der Waals surface area contributed by atoms with E-state index < -0.39 is 13.5 Å². The Hall–Kier alpha value is -0.680. The molecule has 0 saturated heterocycles. The maximum absolute atomic E-state index is 11.0. The summed E-state index contributed by atoms with van der Waals surface area (Å²) >= 11 is 0. The Kier molecular flexibility index (Phi) is 5.64. The first-order chi connectivity index (χ1) is 6.37. The number of hydrogen-bond acceptors (Lipinski definition) is 3. The summed E-state index contributed by atoms with van der Waals surface area (Å²) in [6.07, 6.45) is 0.967. The van der Waals surface area contributed by atoms with E-state index in [-0.39, 0.29) is 25.5 Å². The van der Waals surface area contributed by atoms with Gasteiger partial charge in [0.05, 0.1) is 12.7 Å². The minimum atomic E-state index is -4.04. The van der Waals surface area contributed by atoms with Crippen LogP contribution in [-0.2, 0) is 9.36 Å². The summed E-state index contributed by atoms with van der Waals surface area (Å²) in [6, 6.07) is 0. The third-order valence-electron chi connectivity index (χ3n) is 1.43. The lowest BCUT2D eigenvalue weighted by molar-refractivity contribution is -0.162. The van der Waals surface area contributed by atoms with E-state index in [9.17, 15) is 9.36 Å². The lowest BCUT2D eigenvalue weighted by Gasteiger charge is -2.12. The van der Waals surface area contributed by atoms with Gasteiger partial charge >= 0.3 is 7.60 Å². The normalized spacial score (nSPS) is 11.1. The van der Waals surface area contributed by atoms with Crippen LogP contribution in [0.1, 0.15) is 12.8 Å². The Bertz CT molecular complexity index is 248. The highest BCUT2D eigenvalue weighted by Gasteiger charge is 2.15. The number of carbonyl (C=O) groups excluding carboxylic acids is 1. The standard InChI is InChI=1S/C7H14NO5P/c1-2-5-8(10)7(9)4-3-6-14(11,12)13/h2,10H,1,3-6H2,(H2,11,12,13). The van der Waals surface area contributed by atoms with Gasteiger partial charge in [0.2, 0.25) is 5.91 Å². The Morgan fingerprint density at radius 3 is 2.50 bits per heavy atom. The van der Waals surface area contributed by atoms with Gasteiger partial charge in [-0.15, -0.1) is 6.58 Å². The van der Waals surface area contributed by atoms with Crippen LogP contribution in [0, 0.1) is 0 Å². The second-order valence-electron chi connectivity index (χ2n) is 2.76. The first-order valence-electron chi connectivity index (χ1n) is 4.01. The van der Waals surface area contributed by atoms with Crippen molar-refractivity contribution in [3.8, 4) is 0 Å². The molecule has 0 spiro atoms. The van der Waals surface area contributed by atoms with Crippen molar-refractivity contribution in [3.05, 3.63) is 12.7 Å². The summed E-state index contributed by atoms with van der Waals surface area (Å²) in [4.78, 5) is 28.0. The maximum atomic E-state index is 11.0. The van der Waals surface area contributed by atoms with Gasteiger partial charge in [0.1, 0.15) is 0 Å². The molecule has 7 heteroatoms. The maximum Gasteiger partial charge on any atom is 0.325 e. The summed E-state index contributed by atoms with van der Waals surface area (Å²) < 4.78 is 10.4. The van der Waals surface area contributed by atoms with E-state index in [1.165, 1.54) is 6.08 Å². The molecule has 14 heavy (non-hydrogen) atoms. The van der Waals surface area contributed by atoms with E-state index in [0.717, 1.165) is 0 Å². The number of carbonyl (C=O) groups is 1. The van der Waals surface area contributed by atoms with Crippen LogP contribution in [0.5, 0.6) is 0 Å². The fourth-order valence-corrected chi connectivity index (χ4v) is 1.36. The van der Waals surface area contributed by atoms with E-state index in [4.69, 9.17) is 15.0 Å². The molecular formula is C7H14NO5P. The van der Waals surface area contributed by atoms with Crippen molar-refractivity contribution in [2.45, 2.75) is 12.8 Å². The number of nitrogens with zero attached hydrogens (tertiary/aromatic N) is 1. The molecule has 0 saturated carbocycles. The highest BCUT2D eigenvalue weighted by molar-refractivity contribution is 7.51. The molecular weight excluding hydrogens is 209 g/mol. The van der Waals surface area contributed by atoms with Gasteiger partial charge in [-0.25, -0.2) is 5.06 Å². The van der Waals surface area contributed by atoms with Crippen molar-refractivity contribution >= 4 is 13.5 Å². The quantitative estimate of drug-likeness (QED) is 0.261. The van der Waals surface area contributed by atoms with Gasteiger partial charge in [-0.05, 0) is 6.42 Å². The molecule has 1 amide bonds. The van der Waals surface area contributed by atoms with Crippen molar-refractivity contribution in [2.24, 2.45) is 0 Å². The van der Waals surface area contributed by atoms with Crippen LogP contribution in [0.25, 0.3) is 0 Å². The molecule has 0 heterocycles. The molecule has 0 rings (SSSR count). The third kappa shape index (κ3) is 6.80. The number of hydrogen-bond donors (Lipinski definition) is 3. The highest BCUT2D eigenvalue weighted by atomic mass is 31.2. The molecule has 0 aromatic carbocycles. The fraction of sp³-hybridized carbons (Fsp3) is 0.571. The average molecular weight is 223 g/mol. The molecule has 0 aliphatic heterocycles. The highest BCUT2D eigenvalue weighted by Crippen LogP contribution is 2.35. The zero-order valence-corrected chi connectivity index (χ0v) is 8.56. The van der Waals surface area contributed by atoms with Gasteiger partial charge in [0, 0.05) is 6.42 Å². The molecule has 6 nitrogen and oxygen atoms in total. The van der Waals surface area contributed by atoms with Gasteiger partial charge in [-0.3, -0.25) is 14.6 Å². The minimum Gasteiger partial charge on any atom is -0.324 e. The summed E-state index contributed by atoms with van der Waals surface area (Å²) in [5.74, 6) is -0.571. The first-order valence-corrected chi connectivity index (χ1v) is 5.81. The van der Waals surface area contributed by atoms with Crippen molar-refractivity contribution in [3.63, 3.8) is 0 Å². The van der Waals surface area contributed by atoms with E-state index in [2.05, 4.69) is 6.58 Å². The Morgan fingerprint density at radius 2 is 2.07 bits per heavy atom. The predicted molar refractivity (Wildman–Crippen MR) is 49.8 cm³/mol. The molecule has 0 aromatic heterocycles. The van der Waals surface area contributed by atoms with Crippen LogP contribution in [0.15, 0.2) is 12.7 Å². The second kappa shape index (κ2) is 5.93. The summed E-state index contributed by atoms with van der Waals surface area (Å²) in [7, 11) is -4.04. The Morgan fingerprint density at radius 1 is 1.50 bits per heavy atom. The van der Waals surface area contributed by atoms with Crippen molar-refractivity contribution < 1.29 is 24.4 Å². The van der Waals surface area contributed by atoms with Crippen LogP contribution in [0.2, 0.25) is 0 Å². The lowest BCUT2D eigenvalue weighted by atomic mass is 10.3. The van der Waals surface area contributed by atoms with Gasteiger partial charge in [0.15, 0.2) is 0 Å². The molecule has 0 radical (unpaired) electrons. The Balaban J connectivity index is 3.74. The van der Waals surface area contributed by atoms with Crippen molar-refractivity contribution in [2.75, 3.05) is 12.7 Å². The van der Waals surface area contributed by atoms with Gasteiger partial charge < -0.3 is 9.79 Å². The van der Waals surface area contributed by atoms with Crippen LogP contribution < -0.4 is 0 Å². The molecule has 82 valence electrons. The summed E-state index contributed by atoms with van der Waals surface area (Å²) in [5, 5.41) is 9.43. The van der Waals surface area contributed by atoms with Crippen LogP contribution >= 0.6 is 7.60 Å². The molecule has 0 aliphatic rings. The summed E-state index contributed by atoms with van der Waals surface area (Å²) in [6.45, 7) is 3.33. The minimum absolute atomic E-state index is 0.00867. The van der Waals surface area contributed by atoms with Gasteiger partial charge in [-0.2, -0.15) is 0 Å².